The van der Waals surface area contributed by atoms with Gasteiger partial charge in [-0.3, -0.25) is 0 Å². The van der Waals surface area contributed by atoms with E-state index in [0.29, 0.717) is 5.41 Å². The van der Waals surface area contributed by atoms with Gasteiger partial charge in [0.1, 0.15) is 0 Å². The van der Waals surface area contributed by atoms with E-state index in [2.05, 4.69) is 32.7 Å². The lowest BCUT2D eigenvalue weighted by Crippen LogP contribution is -2.46. The molecule has 1 aliphatic heterocycles. The summed E-state index contributed by atoms with van der Waals surface area (Å²) in [5.74, 6) is 0. The van der Waals surface area contributed by atoms with Crippen molar-refractivity contribution in [2.75, 3.05) is 13.6 Å². The summed E-state index contributed by atoms with van der Waals surface area (Å²) in [6.07, 6.45) is 2.76. The monoisotopic (exact) mass is 141 g/mol. The third-order valence-corrected chi connectivity index (χ3v) is 2.29. The van der Waals surface area contributed by atoms with Crippen LogP contribution >= 0.6 is 0 Å². The highest BCUT2D eigenvalue weighted by Gasteiger charge is 2.28. The van der Waals surface area contributed by atoms with Crippen molar-refractivity contribution in [2.24, 2.45) is 5.41 Å². The first-order valence-electron chi connectivity index (χ1n) is 4.19. The molecular weight excluding hydrogens is 122 g/mol. The highest BCUT2D eigenvalue weighted by molar-refractivity contribution is 4.83. The van der Waals surface area contributed by atoms with Crippen LogP contribution in [0.2, 0.25) is 0 Å². The quantitative estimate of drug-likeness (QED) is 0.540. The number of likely N-dealkylation sites (tertiary alicyclic amines) is 1. The molecule has 0 spiro atoms. The molecule has 0 amide bonds. The van der Waals surface area contributed by atoms with E-state index in [9.17, 15) is 0 Å². The summed E-state index contributed by atoms with van der Waals surface area (Å²) in [4.78, 5) is 2.45. The van der Waals surface area contributed by atoms with Crippen LogP contribution in [0.1, 0.15) is 33.6 Å². The first-order chi connectivity index (χ1) is 4.49. The Kier molecular flexibility index (Phi) is 2.04. The van der Waals surface area contributed by atoms with E-state index in [1.54, 1.807) is 0 Å². The summed E-state index contributed by atoms with van der Waals surface area (Å²) in [5.41, 5.74) is 0.513. The Labute approximate surface area is 64.4 Å². The molecule has 0 aliphatic carbocycles. The lowest BCUT2D eigenvalue weighted by atomic mass is 9.84. The lowest BCUT2D eigenvalue weighted by molar-refractivity contribution is 0.0863. The van der Waals surface area contributed by atoms with Gasteiger partial charge in [0, 0.05) is 6.04 Å². The van der Waals surface area contributed by atoms with Crippen LogP contribution < -0.4 is 0 Å². The maximum Gasteiger partial charge on any atom is 0.0109 e. The minimum Gasteiger partial charge on any atom is -0.303 e. The van der Waals surface area contributed by atoms with Crippen LogP contribution in [-0.4, -0.2) is 24.5 Å². The molecule has 0 N–H and O–H groups in total. The van der Waals surface area contributed by atoms with Crippen molar-refractivity contribution in [2.45, 2.75) is 39.7 Å². The van der Waals surface area contributed by atoms with Crippen LogP contribution in [0.15, 0.2) is 0 Å². The fourth-order valence-corrected chi connectivity index (χ4v) is 1.53. The zero-order valence-corrected chi connectivity index (χ0v) is 7.65. The number of nitrogens with zero attached hydrogens (tertiary/aromatic N) is 1. The Hall–Kier alpha value is -0.0400. The Morgan fingerprint density at radius 3 is 2.10 bits per heavy atom. The molecule has 1 aliphatic rings. The van der Waals surface area contributed by atoms with Crippen LogP contribution in [-0.2, 0) is 0 Å². The molecule has 60 valence electrons. The lowest BCUT2D eigenvalue weighted by Gasteiger charge is -2.41. The highest BCUT2D eigenvalue weighted by atomic mass is 15.2. The topological polar surface area (TPSA) is 3.24 Å². The van der Waals surface area contributed by atoms with Gasteiger partial charge >= 0.3 is 0 Å². The second-order valence-corrected chi connectivity index (χ2v) is 4.69. The predicted molar refractivity (Wildman–Crippen MR) is 45.1 cm³/mol. The van der Waals surface area contributed by atoms with Gasteiger partial charge in [0.15, 0.2) is 0 Å². The number of rotatable bonds is 1. The minimum atomic E-state index is 0.513. The van der Waals surface area contributed by atoms with Crippen molar-refractivity contribution >= 4 is 0 Å². The molecule has 0 aromatic heterocycles. The van der Waals surface area contributed by atoms with Crippen molar-refractivity contribution in [3.8, 4) is 0 Å². The van der Waals surface area contributed by atoms with Gasteiger partial charge in [0.05, 0.1) is 0 Å². The van der Waals surface area contributed by atoms with E-state index < -0.39 is 0 Å². The zero-order valence-electron chi connectivity index (χ0n) is 7.65. The third-order valence-electron chi connectivity index (χ3n) is 2.29. The van der Waals surface area contributed by atoms with E-state index in [-0.39, 0.29) is 0 Å². The smallest absolute Gasteiger partial charge is 0.0109 e. The molecule has 0 bridgehead atoms. The van der Waals surface area contributed by atoms with E-state index in [4.69, 9.17) is 0 Å². The van der Waals surface area contributed by atoms with Crippen LogP contribution in [0.4, 0.5) is 0 Å². The summed E-state index contributed by atoms with van der Waals surface area (Å²) in [7, 11) is 2.22. The third kappa shape index (κ3) is 1.98. The zero-order chi connectivity index (χ0) is 7.78. The minimum absolute atomic E-state index is 0.513. The summed E-state index contributed by atoms with van der Waals surface area (Å²) >= 11 is 0. The Morgan fingerprint density at radius 2 is 2.00 bits per heavy atom. The van der Waals surface area contributed by atoms with E-state index in [0.717, 1.165) is 6.04 Å². The Morgan fingerprint density at radius 1 is 1.40 bits per heavy atom. The van der Waals surface area contributed by atoms with Crippen molar-refractivity contribution in [1.29, 1.82) is 0 Å². The molecule has 0 aromatic carbocycles. The molecule has 1 heteroatoms. The summed E-state index contributed by atoms with van der Waals surface area (Å²) in [6.45, 7) is 8.26. The summed E-state index contributed by atoms with van der Waals surface area (Å²) in [6, 6.07) is 0.875. The van der Waals surface area contributed by atoms with Crippen molar-refractivity contribution in [1.82, 2.24) is 4.90 Å². The number of hydrogen-bond acceptors (Lipinski definition) is 1. The molecule has 1 rings (SSSR count). The van der Waals surface area contributed by atoms with Gasteiger partial charge in [-0.2, -0.15) is 0 Å². The summed E-state index contributed by atoms with van der Waals surface area (Å²) in [5, 5.41) is 0. The molecule has 0 saturated carbocycles. The normalized spacial score (nSPS) is 28.2. The molecular formula is C9H19N. The van der Waals surface area contributed by atoms with Gasteiger partial charge in [-0.15, -0.1) is 0 Å². The Bertz CT molecular complexity index is 112. The van der Waals surface area contributed by atoms with E-state index in [1.807, 2.05) is 0 Å². The standard InChI is InChI=1S/C9H19N/c1-9(2,3)7-8-5-6-10(8)4/h8H,5-7H2,1-4H3. The van der Waals surface area contributed by atoms with Crippen LogP contribution in [0.3, 0.4) is 0 Å². The molecule has 1 heterocycles. The first kappa shape index (κ1) is 8.06. The van der Waals surface area contributed by atoms with Gasteiger partial charge < -0.3 is 4.90 Å². The van der Waals surface area contributed by atoms with Crippen LogP contribution in [0.25, 0.3) is 0 Å². The van der Waals surface area contributed by atoms with Gasteiger partial charge in [-0.05, 0) is 31.8 Å². The predicted octanol–water partition coefficient (Wildman–Crippen LogP) is 2.13. The van der Waals surface area contributed by atoms with Crippen LogP contribution in [0, 0.1) is 5.41 Å². The van der Waals surface area contributed by atoms with E-state index >= 15 is 0 Å². The second-order valence-electron chi connectivity index (χ2n) is 4.69. The van der Waals surface area contributed by atoms with Gasteiger partial charge in [-0.1, -0.05) is 20.8 Å². The van der Waals surface area contributed by atoms with Crippen molar-refractivity contribution in [3.05, 3.63) is 0 Å². The SMILES string of the molecule is CN1CCC1CC(C)(C)C. The molecule has 0 aromatic rings. The van der Waals surface area contributed by atoms with Gasteiger partial charge in [0.25, 0.3) is 0 Å². The van der Waals surface area contributed by atoms with Gasteiger partial charge in [-0.25, -0.2) is 0 Å². The molecule has 0 radical (unpaired) electrons. The fraction of sp³-hybridized carbons (Fsp3) is 1.00. The maximum absolute atomic E-state index is 2.45. The van der Waals surface area contributed by atoms with E-state index in [1.165, 1.54) is 19.4 Å². The maximum atomic E-state index is 2.45. The molecule has 1 unspecified atom stereocenters. The second kappa shape index (κ2) is 2.54. The largest absolute Gasteiger partial charge is 0.303 e. The van der Waals surface area contributed by atoms with Crippen molar-refractivity contribution < 1.29 is 0 Å². The van der Waals surface area contributed by atoms with Gasteiger partial charge in [0.2, 0.25) is 0 Å². The average molecular weight is 141 g/mol. The molecule has 1 nitrogen and oxygen atoms in total. The molecule has 1 saturated heterocycles. The number of hydrogen-bond donors (Lipinski definition) is 0. The Balaban J connectivity index is 2.26. The summed E-state index contributed by atoms with van der Waals surface area (Å²) < 4.78 is 0. The average Bonchev–Trinajstić information content (AvgIpc) is 1.78. The highest BCUT2D eigenvalue weighted by Crippen LogP contribution is 2.28. The molecule has 1 fully saturated rings. The molecule has 10 heavy (non-hydrogen) atoms. The van der Waals surface area contributed by atoms with Crippen LogP contribution in [0.5, 0.6) is 0 Å². The first-order valence-corrected chi connectivity index (χ1v) is 4.19. The fourth-order valence-electron chi connectivity index (χ4n) is 1.53. The molecule has 1 atom stereocenters. The van der Waals surface area contributed by atoms with Crippen molar-refractivity contribution in [3.63, 3.8) is 0 Å².